The minimum Gasteiger partial charge on any atom is -0.312 e. The van der Waals surface area contributed by atoms with E-state index < -0.39 is 0 Å². The van der Waals surface area contributed by atoms with Crippen LogP contribution < -0.4 is 5.32 Å². The molecule has 0 bridgehead atoms. The summed E-state index contributed by atoms with van der Waals surface area (Å²) in [5.41, 5.74) is 0.255. The Labute approximate surface area is 108 Å². The van der Waals surface area contributed by atoms with Gasteiger partial charge in [-0.3, -0.25) is 4.90 Å². The van der Waals surface area contributed by atoms with Gasteiger partial charge in [-0.15, -0.1) is 0 Å². The monoisotopic (exact) mass is 241 g/mol. The van der Waals surface area contributed by atoms with Crippen molar-refractivity contribution in [3.8, 4) is 0 Å². The van der Waals surface area contributed by atoms with Gasteiger partial charge in [0.15, 0.2) is 0 Å². The molecule has 0 aliphatic carbocycles. The van der Waals surface area contributed by atoms with Gasteiger partial charge >= 0.3 is 0 Å². The van der Waals surface area contributed by atoms with Crippen molar-refractivity contribution in [2.45, 2.75) is 52.1 Å². The van der Waals surface area contributed by atoms with Gasteiger partial charge in [0.1, 0.15) is 0 Å². The molecule has 1 fully saturated rings. The SMILES string of the molecule is CC1CN(C)CCCN1CCCNC(C)(C)C. The molecule has 0 saturated carbocycles. The molecule has 0 aromatic heterocycles. The zero-order chi connectivity index (χ0) is 12.9. The molecule has 0 spiro atoms. The summed E-state index contributed by atoms with van der Waals surface area (Å²) in [7, 11) is 2.24. The van der Waals surface area contributed by atoms with Crippen LogP contribution in [0.25, 0.3) is 0 Å². The van der Waals surface area contributed by atoms with Crippen LogP contribution in [0, 0.1) is 0 Å². The molecule has 1 N–H and O–H groups in total. The molecule has 102 valence electrons. The van der Waals surface area contributed by atoms with E-state index in [4.69, 9.17) is 0 Å². The summed E-state index contributed by atoms with van der Waals surface area (Å²) < 4.78 is 0. The van der Waals surface area contributed by atoms with Crippen LogP contribution in [0.4, 0.5) is 0 Å². The average molecular weight is 241 g/mol. The molecule has 0 aromatic rings. The van der Waals surface area contributed by atoms with Crippen molar-refractivity contribution in [2.24, 2.45) is 0 Å². The van der Waals surface area contributed by atoms with Crippen LogP contribution in [-0.4, -0.2) is 61.2 Å². The molecule has 0 amide bonds. The normalized spacial score (nSPS) is 24.9. The predicted molar refractivity (Wildman–Crippen MR) is 75.5 cm³/mol. The first-order valence-corrected chi connectivity index (χ1v) is 7.06. The molecular weight excluding hydrogens is 210 g/mol. The van der Waals surface area contributed by atoms with Gasteiger partial charge in [0.2, 0.25) is 0 Å². The van der Waals surface area contributed by atoms with Gasteiger partial charge in [-0.25, -0.2) is 0 Å². The van der Waals surface area contributed by atoms with Crippen molar-refractivity contribution in [3.63, 3.8) is 0 Å². The van der Waals surface area contributed by atoms with Gasteiger partial charge < -0.3 is 10.2 Å². The second kappa shape index (κ2) is 6.72. The molecule has 0 aromatic carbocycles. The van der Waals surface area contributed by atoms with Crippen LogP contribution >= 0.6 is 0 Å². The van der Waals surface area contributed by atoms with E-state index in [9.17, 15) is 0 Å². The Bertz CT molecular complexity index is 210. The molecule has 3 nitrogen and oxygen atoms in total. The summed E-state index contributed by atoms with van der Waals surface area (Å²) in [5, 5.41) is 3.56. The first-order chi connectivity index (χ1) is 7.88. The zero-order valence-corrected chi connectivity index (χ0v) is 12.4. The Morgan fingerprint density at radius 3 is 2.59 bits per heavy atom. The Kier molecular flexibility index (Phi) is 5.90. The molecule has 1 aliphatic rings. The van der Waals surface area contributed by atoms with Crippen molar-refractivity contribution in [2.75, 3.05) is 39.8 Å². The van der Waals surface area contributed by atoms with E-state index in [-0.39, 0.29) is 5.54 Å². The van der Waals surface area contributed by atoms with Crippen LogP contribution in [0.1, 0.15) is 40.5 Å². The highest BCUT2D eigenvalue weighted by molar-refractivity contribution is 4.76. The number of nitrogens with one attached hydrogen (secondary N) is 1. The Hall–Kier alpha value is -0.120. The van der Waals surface area contributed by atoms with Crippen molar-refractivity contribution in [1.29, 1.82) is 0 Å². The summed E-state index contributed by atoms with van der Waals surface area (Å²) in [6.45, 7) is 15.2. The number of rotatable bonds is 4. The van der Waals surface area contributed by atoms with Gasteiger partial charge in [-0.2, -0.15) is 0 Å². The van der Waals surface area contributed by atoms with E-state index in [1.54, 1.807) is 0 Å². The van der Waals surface area contributed by atoms with Crippen LogP contribution in [0.15, 0.2) is 0 Å². The van der Waals surface area contributed by atoms with Crippen molar-refractivity contribution in [3.05, 3.63) is 0 Å². The van der Waals surface area contributed by atoms with Crippen molar-refractivity contribution >= 4 is 0 Å². The largest absolute Gasteiger partial charge is 0.312 e. The van der Waals surface area contributed by atoms with Crippen molar-refractivity contribution < 1.29 is 0 Å². The highest BCUT2D eigenvalue weighted by atomic mass is 15.2. The van der Waals surface area contributed by atoms with E-state index in [1.807, 2.05) is 0 Å². The van der Waals surface area contributed by atoms with E-state index >= 15 is 0 Å². The van der Waals surface area contributed by atoms with Gasteiger partial charge in [0, 0.05) is 18.1 Å². The molecule has 1 saturated heterocycles. The van der Waals surface area contributed by atoms with E-state index in [0.717, 1.165) is 6.54 Å². The Morgan fingerprint density at radius 1 is 1.24 bits per heavy atom. The van der Waals surface area contributed by atoms with Gasteiger partial charge in [-0.05, 0) is 73.8 Å². The average Bonchev–Trinajstić information content (AvgIpc) is 2.33. The lowest BCUT2D eigenvalue weighted by Gasteiger charge is -2.28. The molecule has 1 rings (SSSR count). The van der Waals surface area contributed by atoms with E-state index in [0.29, 0.717) is 6.04 Å². The molecule has 3 heteroatoms. The minimum atomic E-state index is 0.255. The molecule has 0 radical (unpaired) electrons. The number of likely N-dealkylation sites (N-methyl/N-ethyl adjacent to an activating group) is 1. The van der Waals surface area contributed by atoms with Gasteiger partial charge in [0.25, 0.3) is 0 Å². The predicted octanol–water partition coefficient (Wildman–Crippen LogP) is 1.79. The standard InChI is InChI=1S/C14H31N3/c1-13-12-16(5)9-7-11-17(13)10-6-8-15-14(2,3)4/h13,15H,6-12H2,1-5H3. The molecule has 1 heterocycles. The van der Waals surface area contributed by atoms with E-state index in [2.05, 4.69) is 49.9 Å². The molecule has 17 heavy (non-hydrogen) atoms. The third-order valence-corrected chi connectivity index (χ3v) is 3.46. The Morgan fingerprint density at radius 2 is 1.94 bits per heavy atom. The fraction of sp³-hybridized carbons (Fsp3) is 1.00. The summed E-state index contributed by atoms with van der Waals surface area (Å²) in [6, 6.07) is 0.706. The second-order valence-corrected chi connectivity index (χ2v) is 6.53. The van der Waals surface area contributed by atoms with Crippen LogP contribution in [0.5, 0.6) is 0 Å². The van der Waals surface area contributed by atoms with Gasteiger partial charge in [0.05, 0.1) is 0 Å². The van der Waals surface area contributed by atoms with Gasteiger partial charge in [-0.1, -0.05) is 0 Å². The highest BCUT2D eigenvalue weighted by Gasteiger charge is 2.18. The number of hydrogen-bond donors (Lipinski definition) is 1. The smallest absolute Gasteiger partial charge is 0.0194 e. The lowest BCUT2D eigenvalue weighted by molar-refractivity contribution is 0.198. The number of hydrogen-bond acceptors (Lipinski definition) is 3. The molecular formula is C14H31N3. The van der Waals surface area contributed by atoms with E-state index in [1.165, 1.54) is 39.0 Å². The second-order valence-electron chi connectivity index (χ2n) is 6.53. The molecule has 1 unspecified atom stereocenters. The third kappa shape index (κ3) is 6.39. The minimum absolute atomic E-state index is 0.255. The van der Waals surface area contributed by atoms with Crippen LogP contribution in [0.2, 0.25) is 0 Å². The maximum Gasteiger partial charge on any atom is 0.0194 e. The summed E-state index contributed by atoms with van der Waals surface area (Å²) in [6.07, 6.45) is 2.57. The first-order valence-electron chi connectivity index (χ1n) is 7.06. The summed E-state index contributed by atoms with van der Waals surface area (Å²) in [4.78, 5) is 5.10. The van der Waals surface area contributed by atoms with Crippen LogP contribution in [0.3, 0.4) is 0 Å². The Balaban J connectivity index is 2.21. The summed E-state index contributed by atoms with van der Waals surface area (Å²) >= 11 is 0. The molecule has 1 aliphatic heterocycles. The maximum absolute atomic E-state index is 3.56. The first kappa shape index (κ1) is 14.9. The fourth-order valence-electron chi connectivity index (χ4n) is 2.50. The quantitative estimate of drug-likeness (QED) is 0.757. The highest BCUT2D eigenvalue weighted by Crippen LogP contribution is 2.09. The van der Waals surface area contributed by atoms with Crippen LogP contribution in [-0.2, 0) is 0 Å². The van der Waals surface area contributed by atoms with Crippen molar-refractivity contribution in [1.82, 2.24) is 15.1 Å². The lowest BCUT2D eigenvalue weighted by Crippen LogP contribution is -2.41. The third-order valence-electron chi connectivity index (χ3n) is 3.46. The maximum atomic E-state index is 3.56. The topological polar surface area (TPSA) is 18.5 Å². The lowest BCUT2D eigenvalue weighted by atomic mass is 10.1. The fourth-order valence-corrected chi connectivity index (χ4v) is 2.50. The number of nitrogens with zero attached hydrogens (tertiary/aromatic N) is 2. The molecule has 1 atom stereocenters. The summed E-state index contributed by atoms with van der Waals surface area (Å²) in [5.74, 6) is 0. The zero-order valence-electron chi connectivity index (χ0n) is 12.4.